The number of ether oxygens (including phenoxy) is 2. The quantitative estimate of drug-likeness (QED) is 0.183. The van der Waals surface area contributed by atoms with Crippen LogP contribution in [0.3, 0.4) is 0 Å². The average molecular weight is 536 g/mol. The first kappa shape index (κ1) is 27.1. The highest BCUT2D eigenvalue weighted by Gasteiger charge is 2.26. The number of nitrogens with two attached hydrogens (primary N) is 1. The van der Waals surface area contributed by atoms with E-state index in [4.69, 9.17) is 15.2 Å². The standard InChI is InChI=1S/C28H37N7O4/c1-3-6-19(9-10-36)32-26-25-24(33-28(29)34-26)20-7-4-5-8-22(20)35(25)14-18-11-17(13-31-27(18)38-2)12-30-21-15-39-16-23(21)37/h4-5,7-8,11,13,19,21,23,30,36-37H,3,6,9-10,12,14-16H2,1-2H3,(H3,29,32,33,34)/t19-,21+,23+/m0/s1. The Morgan fingerprint density at radius 2 is 2.08 bits per heavy atom. The number of benzene rings is 1. The second-order valence-electron chi connectivity index (χ2n) is 9.98. The van der Waals surface area contributed by atoms with Crippen LogP contribution in [0.15, 0.2) is 36.5 Å². The van der Waals surface area contributed by atoms with Gasteiger partial charge >= 0.3 is 0 Å². The van der Waals surface area contributed by atoms with E-state index in [-0.39, 0.29) is 24.6 Å². The topological polar surface area (TPSA) is 153 Å². The summed E-state index contributed by atoms with van der Waals surface area (Å²) >= 11 is 0. The minimum Gasteiger partial charge on any atom is -0.481 e. The van der Waals surface area contributed by atoms with Crippen LogP contribution in [0.25, 0.3) is 21.9 Å². The van der Waals surface area contributed by atoms with Crippen LogP contribution in [0.2, 0.25) is 0 Å². The monoisotopic (exact) mass is 535 g/mol. The Kier molecular flexibility index (Phi) is 8.41. The Morgan fingerprint density at radius 3 is 2.82 bits per heavy atom. The highest BCUT2D eigenvalue weighted by Crippen LogP contribution is 2.34. The summed E-state index contributed by atoms with van der Waals surface area (Å²) < 4.78 is 13.2. The van der Waals surface area contributed by atoms with Crippen LogP contribution >= 0.6 is 0 Å². The molecule has 0 radical (unpaired) electrons. The molecule has 3 aromatic heterocycles. The van der Waals surface area contributed by atoms with Gasteiger partial charge in [-0.2, -0.15) is 4.98 Å². The van der Waals surface area contributed by atoms with Crippen LogP contribution in [0.4, 0.5) is 11.8 Å². The lowest BCUT2D eigenvalue weighted by atomic mass is 10.1. The van der Waals surface area contributed by atoms with Gasteiger partial charge in [-0.3, -0.25) is 0 Å². The number of nitrogens with one attached hydrogen (secondary N) is 2. The number of nitrogens with zero attached hydrogens (tertiary/aromatic N) is 4. The molecule has 11 nitrogen and oxygen atoms in total. The van der Waals surface area contributed by atoms with E-state index in [9.17, 15) is 10.2 Å². The summed E-state index contributed by atoms with van der Waals surface area (Å²) in [5.74, 6) is 1.36. The molecule has 1 aliphatic heterocycles. The Morgan fingerprint density at radius 1 is 1.23 bits per heavy atom. The van der Waals surface area contributed by atoms with Crippen molar-refractivity contribution in [3.05, 3.63) is 47.7 Å². The number of nitrogen functional groups attached to an aromatic ring is 1. The van der Waals surface area contributed by atoms with Crippen molar-refractivity contribution < 1.29 is 19.7 Å². The first-order valence-corrected chi connectivity index (χ1v) is 13.4. The number of hydrogen-bond acceptors (Lipinski definition) is 10. The summed E-state index contributed by atoms with van der Waals surface area (Å²) in [6, 6.07) is 10.1. The molecule has 1 fully saturated rings. The zero-order chi connectivity index (χ0) is 27.4. The molecule has 0 amide bonds. The normalized spacial score (nSPS) is 18.2. The first-order chi connectivity index (χ1) is 19.0. The lowest BCUT2D eigenvalue weighted by Gasteiger charge is -2.20. The van der Waals surface area contributed by atoms with E-state index in [1.807, 2.05) is 18.2 Å². The number of para-hydroxylation sites is 1. The Hall–Kier alpha value is -3.51. The Balaban J connectivity index is 1.56. The molecule has 4 aromatic rings. The first-order valence-electron chi connectivity index (χ1n) is 13.4. The second-order valence-corrected chi connectivity index (χ2v) is 9.98. The van der Waals surface area contributed by atoms with Gasteiger partial charge in [0.15, 0.2) is 5.82 Å². The summed E-state index contributed by atoms with van der Waals surface area (Å²) in [5, 5.41) is 27.6. The molecule has 0 bridgehead atoms. The van der Waals surface area contributed by atoms with Gasteiger partial charge in [-0.1, -0.05) is 31.5 Å². The highest BCUT2D eigenvalue weighted by molar-refractivity contribution is 6.09. The molecule has 6 N–H and O–H groups in total. The zero-order valence-electron chi connectivity index (χ0n) is 22.4. The van der Waals surface area contributed by atoms with Crippen LogP contribution in [0.5, 0.6) is 5.88 Å². The van der Waals surface area contributed by atoms with Crippen LogP contribution in [-0.4, -0.2) is 74.9 Å². The van der Waals surface area contributed by atoms with Gasteiger partial charge in [0.1, 0.15) is 11.0 Å². The van der Waals surface area contributed by atoms with Crippen molar-refractivity contribution in [1.29, 1.82) is 0 Å². The van der Waals surface area contributed by atoms with Crippen LogP contribution < -0.4 is 21.1 Å². The molecular formula is C28H37N7O4. The van der Waals surface area contributed by atoms with Gasteiger partial charge in [0.2, 0.25) is 11.8 Å². The van der Waals surface area contributed by atoms with Crippen molar-refractivity contribution in [3.8, 4) is 5.88 Å². The molecule has 11 heteroatoms. The third-order valence-electron chi connectivity index (χ3n) is 7.20. The number of aromatic nitrogens is 4. The lowest BCUT2D eigenvalue weighted by Crippen LogP contribution is -2.38. The molecule has 1 aromatic carbocycles. The van der Waals surface area contributed by atoms with Gasteiger partial charge in [-0.25, -0.2) is 9.97 Å². The van der Waals surface area contributed by atoms with Gasteiger partial charge in [-0.15, -0.1) is 0 Å². The summed E-state index contributed by atoms with van der Waals surface area (Å²) in [4.78, 5) is 13.8. The molecule has 0 saturated carbocycles. The number of aliphatic hydroxyl groups is 2. The van der Waals surface area contributed by atoms with E-state index >= 15 is 0 Å². The van der Waals surface area contributed by atoms with Crippen LogP contribution in [0.1, 0.15) is 37.3 Å². The summed E-state index contributed by atoms with van der Waals surface area (Å²) in [6.45, 7) is 4.02. The molecule has 0 aliphatic carbocycles. The maximum atomic E-state index is 10.1. The van der Waals surface area contributed by atoms with Gasteiger partial charge in [-0.05, 0) is 30.5 Å². The SMILES string of the molecule is CCC[C@@H](CCO)Nc1nc(N)nc2c3ccccc3n(Cc3cc(CN[C@@H]4COC[C@H]4O)cnc3OC)c12. The highest BCUT2D eigenvalue weighted by atomic mass is 16.5. The van der Waals surface area contributed by atoms with E-state index < -0.39 is 6.10 Å². The fourth-order valence-electron chi connectivity index (χ4n) is 5.29. The predicted molar refractivity (Wildman–Crippen MR) is 151 cm³/mol. The van der Waals surface area contributed by atoms with Gasteiger partial charge < -0.3 is 40.6 Å². The molecule has 1 saturated heterocycles. The van der Waals surface area contributed by atoms with Gasteiger partial charge in [0, 0.05) is 36.3 Å². The van der Waals surface area contributed by atoms with E-state index in [0.29, 0.717) is 44.4 Å². The minimum atomic E-state index is -0.519. The maximum absolute atomic E-state index is 10.1. The van der Waals surface area contributed by atoms with Crippen molar-refractivity contribution in [2.75, 3.05) is 38.0 Å². The fraction of sp³-hybridized carbons (Fsp3) is 0.464. The van der Waals surface area contributed by atoms with Gasteiger partial charge in [0.05, 0.1) is 44.5 Å². The second kappa shape index (κ2) is 12.1. The molecule has 39 heavy (non-hydrogen) atoms. The molecule has 1 aliphatic rings. The molecule has 208 valence electrons. The third-order valence-corrected chi connectivity index (χ3v) is 7.20. The van der Waals surface area contributed by atoms with Crippen molar-refractivity contribution in [3.63, 3.8) is 0 Å². The zero-order valence-corrected chi connectivity index (χ0v) is 22.4. The number of pyridine rings is 1. The molecule has 5 rings (SSSR count). The van der Waals surface area contributed by atoms with E-state index in [1.54, 1.807) is 13.3 Å². The molecular weight excluding hydrogens is 498 g/mol. The van der Waals surface area contributed by atoms with E-state index in [0.717, 1.165) is 45.9 Å². The summed E-state index contributed by atoms with van der Waals surface area (Å²) in [6.07, 6.45) is 3.73. The van der Waals surface area contributed by atoms with Crippen molar-refractivity contribution in [1.82, 2.24) is 24.8 Å². The van der Waals surface area contributed by atoms with Crippen molar-refractivity contribution >= 4 is 33.7 Å². The number of fused-ring (bicyclic) bond motifs is 3. The number of aliphatic hydroxyl groups excluding tert-OH is 2. The van der Waals surface area contributed by atoms with Crippen LogP contribution in [-0.2, 0) is 17.8 Å². The molecule has 3 atom stereocenters. The van der Waals surface area contributed by atoms with Crippen molar-refractivity contribution in [2.24, 2.45) is 0 Å². The minimum absolute atomic E-state index is 0.0458. The third kappa shape index (κ3) is 5.76. The van der Waals surface area contributed by atoms with Gasteiger partial charge in [0.25, 0.3) is 0 Å². The fourth-order valence-corrected chi connectivity index (χ4v) is 5.29. The Bertz CT molecular complexity index is 1420. The smallest absolute Gasteiger partial charge is 0.222 e. The Labute approximate surface area is 227 Å². The van der Waals surface area contributed by atoms with E-state index in [1.165, 1.54) is 0 Å². The number of anilines is 2. The predicted octanol–water partition coefficient (Wildman–Crippen LogP) is 2.43. The lowest BCUT2D eigenvalue weighted by molar-refractivity contribution is 0.122. The number of rotatable bonds is 12. The maximum Gasteiger partial charge on any atom is 0.222 e. The molecule has 0 unspecified atom stereocenters. The van der Waals surface area contributed by atoms with E-state index in [2.05, 4.69) is 49.2 Å². The number of methoxy groups -OCH3 is 1. The van der Waals surface area contributed by atoms with Crippen LogP contribution in [0, 0.1) is 0 Å². The largest absolute Gasteiger partial charge is 0.481 e. The average Bonchev–Trinajstić information content (AvgIpc) is 3.48. The summed E-state index contributed by atoms with van der Waals surface area (Å²) in [5.41, 5.74) is 10.6. The molecule has 0 spiro atoms. The van der Waals surface area contributed by atoms with Crippen molar-refractivity contribution in [2.45, 2.75) is 57.5 Å². The number of hydrogen-bond donors (Lipinski definition) is 5. The summed E-state index contributed by atoms with van der Waals surface area (Å²) in [7, 11) is 1.61. The molecule has 4 heterocycles.